The maximum Gasteiger partial charge on any atom is 0.194 e. The minimum atomic E-state index is 0. The number of para-hydroxylation sites is 2. The molecular weight excluding hydrogens is 345 g/mol. The van der Waals surface area contributed by atoms with Gasteiger partial charge in [-0.25, -0.2) is 0 Å². The van der Waals surface area contributed by atoms with Crippen LogP contribution in [0.5, 0.6) is 5.75 Å². The van der Waals surface area contributed by atoms with Crippen LogP contribution in [0.15, 0.2) is 53.5 Å². The van der Waals surface area contributed by atoms with Crippen LogP contribution in [-0.4, -0.2) is 26.5 Å². The van der Waals surface area contributed by atoms with Crippen molar-refractivity contribution in [2.75, 3.05) is 20.2 Å². The van der Waals surface area contributed by atoms with Crippen LogP contribution >= 0.6 is 0 Å². The Morgan fingerprint density at radius 3 is 2.75 bits per heavy atom. The average molecular weight is 368 g/mol. The number of nitrogens with two attached hydrogens (primary N) is 1. The number of nitrogens with zero attached hydrogens (tertiary/aromatic N) is 1. The van der Waals surface area contributed by atoms with Gasteiger partial charge in [-0.05, 0) is 18.2 Å². The average Bonchev–Trinajstić information content (AvgIpc) is 2.98. The molecule has 0 amide bonds. The highest BCUT2D eigenvalue weighted by Gasteiger charge is 2.19. The summed E-state index contributed by atoms with van der Waals surface area (Å²) in [6.07, 6.45) is 3.19. The van der Waals surface area contributed by atoms with Gasteiger partial charge in [0, 0.05) is 18.1 Å². The fraction of sp³-hybridized carbons (Fsp3) is 0.278. The summed E-state index contributed by atoms with van der Waals surface area (Å²) < 4.78 is 5.25. The van der Waals surface area contributed by atoms with Gasteiger partial charge in [0.1, 0.15) is 18.0 Å². The van der Waals surface area contributed by atoms with Crippen molar-refractivity contribution in [3.05, 3.63) is 54.1 Å². The molecule has 0 spiro atoms. The number of nitrogens with one attached hydrogen (secondary N) is 1. The van der Waals surface area contributed by atoms with E-state index in [1.165, 1.54) is 22.6 Å². The van der Waals surface area contributed by atoms with Crippen LogP contribution in [0.2, 0.25) is 0 Å². The Morgan fingerprint density at radius 2 is 1.92 bits per heavy atom. The second-order valence-corrected chi connectivity index (χ2v) is 5.54. The van der Waals surface area contributed by atoms with Crippen LogP contribution in [0.3, 0.4) is 0 Å². The van der Waals surface area contributed by atoms with Gasteiger partial charge in [-0.2, -0.15) is 4.99 Å². The van der Waals surface area contributed by atoms with Crippen molar-refractivity contribution in [2.24, 2.45) is 4.99 Å². The molecule has 1 heterocycles. The Hall–Kier alpha value is -1.59. The highest BCUT2D eigenvalue weighted by atomic mass is 35.5. The molecule has 2 aromatic rings. The van der Waals surface area contributed by atoms with E-state index >= 15 is 0 Å². The number of ether oxygens (including phenoxy) is 1. The van der Waals surface area contributed by atoms with E-state index in [9.17, 15) is 0 Å². The van der Waals surface area contributed by atoms with Gasteiger partial charge in [-0.1, -0.05) is 24.3 Å². The molecule has 0 saturated heterocycles. The van der Waals surface area contributed by atoms with E-state index in [0.29, 0.717) is 0 Å². The van der Waals surface area contributed by atoms with Gasteiger partial charge >= 0.3 is 0 Å². The minimum Gasteiger partial charge on any atom is -1.00 e. The molecule has 4 nitrogen and oxygen atoms in total. The maximum absolute atomic E-state index is 5.25. The monoisotopic (exact) mass is 367 g/mol. The topological polar surface area (TPSA) is 42.6 Å². The van der Waals surface area contributed by atoms with E-state index in [1.54, 1.807) is 7.11 Å². The lowest BCUT2D eigenvalue weighted by Gasteiger charge is -2.09. The molecule has 1 atom stereocenters. The van der Waals surface area contributed by atoms with Crippen LogP contribution in [0.4, 0.5) is 11.4 Å². The molecule has 0 bridgehead atoms. The molecule has 3 N–H and O–H groups in total. The lowest BCUT2D eigenvalue weighted by molar-refractivity contribution is -0.730. The first-order valence-corrected chi connectivity index (χ1v) is 7.81. The maximum atomic E-state index is 5.25. The molecule has 6 heteroatoms. The predicted octanol–water partition coefficient (Wildman–Crippen LogP) is -4.95. The molecule has 1 unspecified atom stereocenters. The number of fused-ring (bicyclic) bond motifs is 1. The molecule has 3 rings (SSSR count). The summed E-state index contributed by atoms with van der Waals surface area (Å²) in [4.78, 5) is 5.83. The first kappa shape index (κ1) is 20.5. The zero-order chi connectivity index (χ0) is 15.2. The van der Waals surface area contributed by atoms with E-state index in [4.69, 9.17) is 4.74 Å². The van der Waals surface area contributed by atoms with Gasteiger partial charge < -0.3 is 34.9 Å². The molecule has 0 aromatic heterocycles. The number of benzene rings is 2. The number of methoxy groups -OCH3 is 1. The SMILES string of the molecule is COc1cccc(C[NH2+]CCC[NH+]2C=Nc3ccccc32)c1.[Cl-].[Cl-]. The number of halogens is 2. The third-order valence-electron chi connectivity index (χ3n) is 3.98. The van der Waals surface area contributed by atoms with Gasteiger partial charge in [-0.15, -0.1) is 0 Å². The van der Waals surface area contributed by atoms with E-state index in [0.717, 1.165) is 31.1 Å². The lowest BCUT2D eigenvalue weighted by Crippen LogP contribution is -3.05. The highest BCUT2D eigenvalue weighted by molar-refractivity contribution is 5.71. The summed E-state index contributed by atoms with van der Waals surface area (Å²) in [5, 5.41) is 2.35. The molecule has 0 radical (unpaired) electrons. The summed E-state index contributed by atoms with van der Waals surface area (Å²) in [7, 11) is 1.71. The van der Waals surface area contributed by atoms with Crippen molar-refractivity contribution < 1.29 is 39.8 Å². The number of aliphatic imine (C=N–C) groups is 1. The standard InChI is InChI=1S/C18H21N3O.2ClH/c1-22-16-7-4-6-15(12-16)13-19-10-5-11-21-14-20-17-8-2-3-9-18(17)21;;/h2-4,6-9,12,14,19H,5,10-11,13H2,1H3;2*1H. The molecule has 0 aliphatic carbocycles. The van der Waals surface area contributed by atoms with Crippen molar-refractivity contribution in [1.82, 2.24) is 0 Å². The molecule has 24 heavy (non-hydrogen) atoms. The van der Waals surface area contributed by atoms with E-state index in [2.05, 4.69) is 40.6 Å². The minimum absolute atomic E-state index is 0. The normalized spacial score (nSPS) is 14.5. The van der Waals surface area contributed by atoms with Gasteiger partial charge in [-0.3, -0.25) is 4.90 Å². The third-order valence-corrected chi connectivity index (χ3v) is 3.98. The number of hydrogen-bond donors (Lipinski definition) is 2. The molecule has 2 aromatic carbocycles. The number of quaternary nitrogens is 2. The summed E-state index contributed by atoms with van der Waals surface area (Å²) in [6, 6.07) is 16.6. The van der Waals surface area contributed by atoms with E-state index in [1.807, 2.05) is 24.5 Å². The fourth-order valence-corrected chi connectivity index (χ4v) is 2.78. The predicted molar refractivity (Wildman–Crippen MR) is 88.2 cm³/mol. The molecule has 1 aliphatic rings. The van der Waals surface area contributed by atoms with Crippen LogP contribution in [0.1, 0.15) is 12.0 Å². The van der Waals surface area contributed by atoms with Gasteiger partial charge in [0.25, 0.3) is 0 Å². The molecule has 130 valence electrons. The quantitative estimate of drug-likeness (QED) is 0.473. The Morgan fingerprint density at radius 1 is 1.08 bits per heavy atom. The van der Waals surface area contributed by atoms with E-state index < -0.39 is 0 Å². The van der Waals surface area contributed by atoms with Crippen molar-refractivity contribution in [2.45, 2.75) is 13.0 Å². The van der Waals surface area contributed by atoms with Crippen LogP contribution in [0.25, 0.3) is 0 Å². The second kappa shape index (κ2) is 10.3. The smallest absolute Gasteiger partial charge is 0.194 e. The largest absolute Gasteiger partial charge is 1.00 e. The fourth-order valence-electron chi connectivity index (χ4n) is 2.78. The zero-order valence-electron chi connectivity index (χ0n) is 13.7. The van der Waals surface area contributed by atoms with Gasteiger partial charge in [0.15, 0.2) is 12.0 Å². The highest BCUT2D eigenvalue weighted by Crippen LogP contribution is 2.22. The number of rotatable bonds is 7. The van der Waals surface area contributed by atoms with Crippen molar-refractivity contribution in [3.8, 4) is 5.75 Å². The summed E-state index contributed by atoms with van der Waals surface area (Å²) >= 11 is 0. The Kier molecular flexibility index (Phi) is 8.79. The van der Waals surface area contributed by atoms with E-state index in [-0.39, 0.29) is 24.8 Å². The first-order chi connectivity index (χ1) is 10.9. The Labute approximate surface area is 155 Å². The Bertz CT molecular complexity index is 664. The summed E-state index contributed by atoms with van der Waals surface area (Å²) in [6.45, 7) is 3.21. The molecular formula is C18H23Cl2N3O. The first-order valence-electron chi connectivity index (χ1n) is 7.81. The van der Waals surface area contributed by atoms with Crippen LogP contribution in [0, 0.1) is 0 Å². The Balaban J connectivity index is 0.00000144. The third kappa shape index (κ3) is 5.21. The van der Waals surface area contributed by atoms with Gasteiger partial charge in [0.2, 0.25) is 0 Å². The summed E-state index contributed by atoms with van der Waals surface area (Å²) in [5.41, 5.74) is 3.72. The molecule has 0 saturated carbocycles. The van der Waals surface area contributed by atoms with Crippen LogP contribution < -0.4 is 39.8 Å². The van der Waals surface area contributed by atoms with Crippen LogP contribution in [-0.2, 0) is 6.54 Å². The van der Waals surface area contributed by atoms with Gasteiger partial charge in [0.05, 0.1) is 20.2 Å². The molecule has 0 fully saturated rings. The zero-order valence-corrected chi connectivity index (χ0v) is 15.2. The van der Waals surface area contributed by atoms with Crippen molar-refractivity contribution in [3.63, 3.8) is 0 Å². The van der Waals surface area contributed by atoms with Crippen molar-refractivity contribution in [1.29, 1.82) is 0 Å². The lowest BCUT2D eigenvalue weighted by atomic mass is 10.2. The van der Waals surface area contributed by atoms with Crippen molar-refractivity contribution >= 4 is 17.7 Å². The summed E-state index contributed by atoms with van der Waals surface area (Å²) in [5.74, 6) is 0.931. The second-order valence-electron chi connectivity index (χ2n) is 5.54. The number of hydrogen-bond acceptors (Lipinski definition) is 2. The molecule has 1 aliphatic heterocycles.